The third kappa shape index (κ3) is 2.54. The number of halogens is 3. The standard InChI is InChI=1S/C15H10BrF2N3/c16-9-6-14(11(18)7-10(9)17)21-13-4-3-12(19)8-2-1-5-20-15(8)13/h1-7,21H,19H2. The van der Waals surface area contributed by atoms with Gasteiger partial charge in [-0.05, 0) is 46.3 Å². The molecule has 3 N–H and O–H groups in total. The van der Waals surface area contributed by atoms with Crippen LogP contribution in [0.2, 0.25) is 0 Å². The van der Waals surface area contributed by atoms with Crippen molar-refractivity contribution in [2.24, 2.45) is 0 Å². The first-order valence-corrected chi connectivity index (χ1v) is 6.90. The molecule has 0 amide bonds. The quantitative estimate of drug-likeness (QED) is 0.525. The maximum atomic E-state index is 13.8. The molecule has 1 heterocycles. The summed E-state index contributed by atoms with van der Waals surface area (Å²) < 4.78 is 27.3. The lowest BCUT2D eigenvalue weighted by atomic mass is 10.1. The van der Waals surface area contributed by atoms with Crippen molar-refractivity contribution in [3.63, 3.8) is 0 Å². The zero-order valence-corrected chi connectivity index (χ0v) is 12.3. The van der Waals surface area contributed by atoms with Crippen LogP contribution in [0, 0.1) is 11.6 Å². The zero-order valence-electron chi connectivity index (χ0n) is 10.7. The first kappa shape index (κ1) is 13.8. The van der Waals surface area contributed by atoms with E-state index in [9.17, 15) is 8.78 Å². The summed E-state index contributed by atoms with van der Waals surface area (Å²) in [7, 11) is 0. The topological polar surface area (TPSA) is 50.9 Å². The normalized spacial score (nSPS) is 10.8. The molecule has 21 heavy (non-hydrogen) atoms. The van der Waals surface area contributed by atoms with E-state index in [1.807, 2.05) is 6.07 Å². The summed E-state index contributed by atoms with van der Waals surface area (Å²) in [5.74, 6) is -1.34. The van der Waals surface area contributed by atoms with Gasteiger partial charge in [0, 0.05) is 23.3 Å². The number of nitrogens with zero attached hydrogens (tertiary/aromatic N) is 1. The van der Waals surface area contributed by atoms with Gasteiger partial charge >= 0.3 is 0 Å². The van der Waals surface area contributed by atoms with Crippen molar-refractivity contribution in [1.82, 2.24) is 4.98 Å². The van der Waals surface area contributed by atoms with Crippen LogP contribution in [0.15, 0.2) is 47.1 Å². The van der Waals surface area contributed by atoms with Crippen LogP contribution < -0.4 is 11.1 Å². The highest BCUT2D eigenvalue weighted by molar-refractivity contribution is 9.10. The fourth-order valence-electron chi connectivity index (χ4n) is 2.06. The first-order chi connectivity index (χ1) is 10.1. The van der Waals surface area contributed by atoms with Crippen molar-refractivity contribution in [2.45, 2.75) is 0 Å². The number of hydrogen-bond acceptors (Lipinski definition) is 3. The molecule has 3 rings (SSSR count). The van der Waals surface area contributed by atoms with Crippen molar-refractivity contribution < 1.29 is 8.78 Å². The average Bonchev–Trinajstić information content (AvgIpc) is 2.48. The molecule has 0 fully saturated rings. The number of nitrogens with two attached hydrogens (primary N) is 1. The number of anilines is 3. The second-order valence-corrected chi connectivity index (χ2v) is 5.33. The minimum absolute atomic E-state index is 0.153. The Morgan fingerprint density at radius 3 is 2.67 bits per heavy atom. The fourth-order valence-corrected chi connectivity index (χ4v) is 2.40. The van der Waals surface area contributed by atoms with E-state index in [1.54, 1.807) is 24.4 Å². The van der Waals surface area contributed by atoms with Crippen LogP contribution in [-0.2, 0) is 0 Å². The molecule has 0 saturated carbocycles. The molecule has 1 aromatic heterocycles. The summed E-state index contributed by atoms with van der Waals surface area (Å²) in [4.78, 5) is 4.26. The molecule has 0 radical (unpaired) electrons. The lowest BCUT2D eigenvalue weighted by Crippen LogP contribution is -1.98. The summed E-state index contributed by atoms with van der Waals surface area (Å²) in [6.45, 7) is 0. The molecule has 6 heteroatoms. The Labute approximate surface area is 127 Å². The van der Waals surface area contributed by atoms with E-state index in [-0.39, 0.29) is 10.2 Å². The lowest BCUT2D eigenvalue weighted by Gasteiger charge is -2.12. The minimum Gasteiger partial charge on any atom is -0.398 e. The Morgan fingerprint density at radius 1 is 1.05 bits per heavy atom. The van der Waals surface area contributed by atoms with Crippen molar-refractivity contribution in [3.8, 4) is 0 Å². The van der Waals surface area contributed by atoms with Crippen molar-refractivity contribution >= 4 is 43.9 Å². The maximum absolute atomic E-state index is 13.8. The number of nitrogens with one attached hydrogen (secondary N) is 1. The van der Waals surface area contributed by atoms with Gasteiger partial charge < -0.3 is 11.1 Å². The summed E-state index contributed by atoms with van der Waals surface area (Å²) in [6.07, 6.45) is 1.63. The molecule has 3 nitrogen and oxygen atoms in total. The Morgan fingerprint density at radius 2 is 1.86 bits per heavy atom. The third-order valence-corrected chi connectivity index (χ3v) is 3.69. The van der Waals surface area contributed by atoms with Crippen LogP contribution in [0.4, 0.5) is 25.8 Å². The highest BCUT2D eigenvalue weighted by atomic mass is 79.9. The van der Waals surface area contributed by atoms with Crippen LogP contribution >= 0.6 is 15.9 Å². The molecular formula is C15H10BrF2N3. The average molecular weight is 350 g/mol. The maximum Gasteiger partial charge on any atom is 0.149 e. The first-order valence-electron chi connectivity index (χ1n) is 6.11. The van der Waals surface area contributed by atoms with E-state index in [2.05, 4.69) is 26.2 Å². The molecule has 0 saturated heterocycles. The minimum atomic E-state index is -0.684. The van der Waals surface area contributed by atoms with Gasteiger partial charge in [-0.2, -0.15) is 0 Å². The van der Waals surface area contributed by atoms with Crippen molar-refractivity contribution in [1.29, 1.82) is 0 Å². The van der Waals surface area contributed by atoms with Gasteiger partial charge in [0.1, 0.15) is 11.6 Å². The van der Waals surface area contributed by atoms with Gasteiger partial charge in [0.2, 0.25) is 0 Å². The molecule has 0 bridgehead atoms. The van der Waals surface area contributed by atoms with Crippen LogP contribution in [0.25, 0.3) is 10.9 Å². The highest BCUT2D eigenvalue weighted by Gasteiger charge is 2.11. The fraction of sp³-hybridized carbons (Fsp3) is 0. The van der Waals surface area contributed by atoms with Crippen LogP contribution in [0.5, 0.6) is 0 Å². The van der Waals surface area contributed by atoms with Crippen LogP contribution in [0.1, 0.15) is 0 Å². The van der Waals surface area contributed by atoms with Gasteiger partial charge in [0.15, 0.2) is 0 Å². The largest absolute Gasteiger partial charge is 0.398 e. The third-order valence-electron chi connectivity index (χ3n) is 3.08. The number of fused-ring (bicyclic) bond motifs is 1. The van der Waals surface area contributed by atoms with E-state index in [1.165, 1.54) is 6.07 Å². The predicted molar refractivity (Wildman–Crippen MR) is 83.5 cm³/mol. The Kier molecular flexibility index (Phi) is 3.47. The lowest BCUT2D eigenvalue weighted by molar-refractivity contribution is 0.581. The molecule has 0 spiro atoms. The Hall–Kier alpha value is -2.21. The number of pyridine rings is 1. The smallest absolute Gasteiger partial charge is 0.149 e. The number of benzene rings is 2. The number of nitrogen functional groups attached to an aromatic ring is 1. The monoisotopic (exact) mass is 349 g/mol. The van der Waals surface area contributed by atoms with Crippen molar-refractivity contribution in [3.05, 3.63) is 58.7 Å². The molecule has 0 unspecified atom stereocenters. The molecule has 3 aromatic rings. The highest BCUT2D eigenvalue weighted by Crippen LogP contribution is 2.31. The van der Waals surface area contributed by atoms with Gasteiger partial charge in [-0.15, -0.1) is 0 Å². The summed E-state index contributed by atoms with van der Waals surface area (Å²) in [5, 5.41) is 3.69. The predicted octanol–water partition coefficient (Wildman–Crippen LogP) is 4.60. The van der Waals surface area contributed by atoms with E-state index in [0.29, 0.717) is 16.9 Å². The second kappa shape index (κ2) is 5.29. The van der Waals surface area contributed by atoms with E-state index in [0.717, 1.165) is 11.5 Å². The van der Waals surface area contributed by atoms with E-state index < -0.39 is 11.6 Å². The van der Waals surface area contributed by atoms with Crippen LogP contribution in [-0.4, -0.2) is 4.98 Å². The molecular weight excluding hydrogens is 340 g/mol. The van der Waals surface area contributed by atoms with E-state index in [4.69, 9.17) is 5.73 Å². The molecule has 0 atom stereocenters. The summed E-state index contributed by atoms with van der Waals surface area (Å²) in [5.41, 5.74) is 7.85. The van der Waals surface area contributed by atoms with Crippen molar-refractivity contribution in [2.75, 3.05) is 11.1 Å². The summed E-state index contributed by atoms with van der Waals surface area (Å²) >= 11 is 3.04. The van der Waals surface area contributed by atoms with Gasteiger partial charge in [-0.25, -0.2) is 8.78 Å². The summed E-state index contributed by atoms with van der Waals surface area (Å²) in [6, 6.07) is 9.19. The molecule has 106 valence electrons. The van der Waals surface area contributed by atoms with Gasteiger partial charge in [-0.1, -0.05) is 0 Å². The number of aromatic nitrogens is 1. The van der Waals surface area contributed by atoms with Gasteiger partial charge in [0.25, 0.3) is 0 Å². The molecule has 0 aliphatic rings. The van der Waals surface area contributed by atoms with Gasteiger partial charge in [0.05, 0.1) is 21.4 Å². The Bertz CT molecular complexity index is 837. The number of hydrogen-bond donors (Lipinski definition) is 2. The van der Waals surface area contributed by atoms with Crippen LogP contribution in [0.3, 0.4) is 0 Å². The number of rotatable bonds is 2. The van der Waals surface area contributed by atoms with Gasteiger partial charge in [-0.3, -0.25) is 4.98 Å². The Balaban J connectivity index is 2.11. The molecule has 0 aliphatic heterocycles. The zero-order chi connectivity index (χ0) is 15.0. The molecule has 2 aromatic carbocycles. The molecule has 0 aliphatic carbocycles. The van der Waals surface area contributed by atoms with E-state index >= 15 is 0 Å². The SMILES string of the molecule is Nc1ccc(Nc2cc(Br)c(F)cc2F)c2ncccc12. The second-order valence-electron chi connectivity index (χ2n) is 4.47.